The lowest BCUT2D eigenvalue weighted by molar-refractivity contribution is 1.18. The van der Waals surface area contributed by atoms with Crippen LogP contribution in [0.4, 0.5) is 5.69 Å². The number of benzene rings is 7. The first-order valence-corrected chi connectivity index (χ1v) is 18.3. The monoisotopic (exact) mass is 652 g/mol. The highest BCUT2D eigenvalue weighted by Gasteiger charge is 2.42. The van der Waals surface area contributed by atoms with Crippen molar-refractivity contribution in [1.29, 1.82) is 10.5 Å². The molecule has 0 amide bonds. The van der Waals surface area contributed by atoms with Gasteiger partial charge < -0.3 is 4.57 Å². The van der Waals surface area contributed by atoms with Gasteiger partial charge in [0.05, 0.1) is 35.3 Å². The van der Waals surface area contributed by atoms with E-state index in [-0.39, 0.29) is 0 Å². The molecule has 50 heavy (non-hydrogen) atoms. The molecule has 0 N–H and O–H groups in total. The summed E-state index contributed by atoms with van der Waals surface area (Å²) in [5.74, 6) is 0. The molecule has 8 aromatic rings. The van der Waals surface area contributed by atoms with Gasteiger partial charge >= 0.3 is 0 Å². The molecule has 5 heteroatoms. The molecule has 7 aromatic carbocycles. The zero-order chi connectivity index (χ0) is 34.1. The van der Waals surface area contributed by atoms with E-state index >= 15 is 0 Å². The lowest BCUT2D eigenvalue weighted by Crippen LogP contribution is -2.74. The van der Waals surface area contributed by atoms with Crippen LogP contribution in [-0.4, -0.2) is 12.6 Å². The molecule has 0 aliphatic rings. The number of nitriles is 2. The third kappa shape index (κ3) is 4.80. The average molecular weight is 653 g/mol. The van der Waals surface area contributed by atoms with Gasteiger partial charge in [-0.3, -0.25) is 0 Å². The summed E-state index contributed by atoms with van der Waals surface area (Å²) in [7, 11) is -2.96. The van der Waals surface area contributed by atoms with Crippen molar-refractivity contribution in [2.45, 2.75) is 0 Å². The van der Waals surface area contributed by atoms with Gasteiger partial charge in [0.2, 0.25) is 0 Å². The fourth-order valence-corrected chi connectivity index (χ4v) is 12.3. The second kappa shape index (κ2) is 12.6. The Hall–Kier alpha value is -6.97. The second-order valence-electron chi connectivity index (χ2n) is 12.2. The smallest absolute Gasteiger partial charge is 0.196 e. The largest absolute Gasteiger partial charge is 0.309 e. The van der Waals surface area contributed by atoms with Crippen LogP contribution in [0.2, 0.25) is 0 Å². The van der Waals surface area contributed by atoms with Gasteiger partial charge in [0, 0.05) is 27.6 Å². The molecular formula is C45H28N4Si. The van der Waals surface area contributed by atoms with Gasteiger partial charge in [-0.25, -0.2) is 4.85 Å². The van der Waals surface area contributed by atoms with Crippen LogP contribution in [0.25, 0.3) is 43.5 Å². The molecule has 4 nitrogen and oxygen atoms in total. The van der Waals surface area contributed by atoms with Gasteiger partial charge in [0.15, 0.2) is 13.8 Å². The summed E-state index contributed by atoms with van der Waals surface area (Å²) in [5, 5.41) is 27.0. The standard InChI is InChI=1S/C45H28N4Si/c1-48-42-29-39(50(36-16-5-2-6-17-36,37-18-7-3-8-19-37)38-20-9-4-10-21-38)28-34(31-47)45(42)33-14-13-15-35(27-33)49-43-23-12-11-22-40(43)41-26-32(30-46)24-25-44(41)49/h2-29H. The van der Waals surface area contributed by atoms with Gasteiger partial charge in [-0.05, 0) is 63.6 Å². The molecule has 0 saturated carbocycles. The topological polar surface area (TPSA) is 56.9 Å². The van der Waals surface area contributed by atoms with Gasteiger partial charge in [-0.2, -0.15) is 10.5 Å². The molecule has 0 radical (unpaired) electrons. The first-order chi connectivity index (χ1) is 24.7. The zero-order valence-corrected chi connectivity index (χ0v) is 28.0. The van der Waals surface area contributed by atoms with Crippen molar-refractivity contribution in [3.63, 3.8) is 0 Å². The number of para-hydroxylation sites is 1. The van der Waals surface area contributed by atoms with E-state index in [1.165, 1.54) is 15.6 Å². The highest BCUT2D eigenvalue weighted by atomic mass is 28.3. The molecule has 1 aromatic heterocycles. The lowest BCUT2D eigenvalue weighted by Gasteiger charge is -2.35. The maximum Gasteiger partial charge on any atom is 0.196 e. The van der Waals surface area contributed by atoms with Crippen molar-refractivity contribution in [3.8, 4) is 29.0 Å². The molecule has 0 fully saturated rings. The molecular weight excluding hydrogens is 625 g/mol. The van der Waals surface area contributed by atoms with Crippen LogP contribution in [0, 0.1) is 29.2 Å². The predicted molar refractivity (Wildman–Crippen MR) is 206 cm³/mol. The van der Waals surface area contributed by atoms with Crippen LogP contribution in [0.15, 0.2) is 170 Å². The summed E-state index contributed by atoms with van der Waals surface area (Å²) >= 11 is 0. The predicted octanol–water partition coefficient (Wildman–Crippen LogP) is 8.12. The number of hydrogen-bond acceptors (Lipinski definition) is 2. The van der Waals surface area contributed by atoms with Crippen LogP contribution >= 0.6 is 0 Å². The quantitative estimate of drug-likeness (QED) is 0.104. The number of rotatable bonds is 6. The summed E-state index contributed by atoms with van der Waals surface area (Å²) in [6, 6.07) is 62.4. The van der Waals surface area contributed by atoms with Crippen LogP contribution in [0.3, 0.4) is 0 Å². The van der Waals surface area contributed by atoms with E-state index in [9.17, 15) is 10.5 Å². The Bertz CT molecular complexity index is 2540. The minimum Gasteiger partial charge on any atom is -0.309 e. The molecule has 0 aliphatic heterocycles. The molecule has 0 bridgehead atoms. The van der Waals surface area contributed by atoms with Crippen molar-refractivity contribution in [1.82, 2.24) is 4.57 Å². The van der Waals surface area contributed by atoms with E-state index in [4.69, 9.17) is 6.57 Å². The summed E-state index contributed by atoms with van der Waals surface area (Å²) < 4.78 is 2.19. The SMILES string of the molecule is [C-]#[N+]c1cc([Si](c2ccccc2)(c2ccccc2)c2ccccc2)cc(C#N)c1-c1cccc(-n2c3ccccc3c3cc(C#N)ccc32)c1. The zero-order valence-electron chi connectivity index (χ0n) is 27.0. The fraction of sp³-hybridized carbons (Fsp3) is 0. The van der Waals surface area contributed by atoms with Crippen LogP contribution in [0.1, 0.15) is 11.1 Å². The van der Waals surface area contributed by atoms with E-state index in [0.717, 1.165) is 38.2 Å². The average Bonchev–Trinajstić information content (AvgIpc) is 3.52. The first kappa shape index (κ1) is 30.4. The minimum atomic E-state index is -2.96. The Morgan fingerprint density at radius 3 is 1.72 bits per heavy atom. The fourth-order valence-electron chi connectivity index (χ4n) is 7.51. The number of nitrogens with zero attached hydrogens (tertiary/aromatic N) is 4. The van der Waals surface area contributed by atoms with Crippen molar-refractivity contribution in [2.75, 3.05) is 0 Å². The Morgan fingerprint density at radius 2 is 1.12 bits per heavy atom. The van der Waals surface area contributed by atoms with E-state index in [1.807, 2.05) is 78.9 Å². The summed E-state index contributed by atoms with van der Waals surface area (Å²) in [6.45, 7) is 8.47. The van der Waals surface area contributed by atoms with E-state index in [1.54, 1.807) is 0 Å². The molecule has 0 saturated heterocycles. The summed E-state index contributed by atoms with van der Waals surface area (Å²) in [6.07, 6.45) is 0. The maximum atomic E-state index is 10.8. The number of fused-ring (bicyclic) bond motifs is 3. The third-order valence-corrected chi connectivity index (χ3v) is 14.4. The van der Waals surface area contributed by atoms with Gasteiger partial charge in [-0.15, -0.1) is 0 Å². The Balaban J connectivity index is 1.38. The normalized spacial score (nSPS) is 11.1. The van der Waals surface area contributed by atoms with Crippen molar-refractivity contribution in [2.24, 2.45) is 0 Å². The highest BCUT2D eigenvalue weighted by Crippen LogP contribution is 2.37. The number of aromatic nitrogens is 1. The Morgan fingerprint density at radius 1 is 0.520 bits per heavy atom. The molecule has 232 valence electrons. The molecule has 8 rings (SSSR count). The first-order valence-electron chi connectivity index (χ1n) is 16.3. The molecule has 0 aliphatic carbocycles. The highest BCUT2D eigenvalue weighted by molar-refractivity contribution is 7.20. The van der Waals surface area contributed by atoms with Crippen molar-refractivity contribution < 1.29 is 0 Å². The van der Waals surface area contributed by atoms with Crippen molar-refractivity contribution in [3.05, 3.63) is 192 Å². The number of hydrogen-bond donors (Lipinski definition) is 0. The van der Waals surface area contributed by atoms with Gasteiger partial charge in [-0.1, -0.05) is 133 Å². The summed E-state index contributed by atoms with van der Waals surface area (Å²) in [5.41, 5.74) is 5.83. The minimum absolute atomic E-state index is 0.441. The van der Waals surface area contributed by atoms with E-state index < -0.39 is 8.07 Å². The second-order valence-corrected chi connectivity index (χ2v) is 16.0. The molecule has 1 heterocycles. The summed E-state index contributed by atoms with van der Waals surface area (Å²) in [4.78, 5) is 4.11. The van der Waals surface area contributed by atoms with Crippen LogP contribution in [-0.2, 0) is 0 Å². The maximum absolute atomic E-state index is 10.8. The van der Waals surface area contributed by atoms with Gasteiger partial charge in [0.25, 0.3) is 0 Å². The van der Waals surface area contributed by atoms with Crippen molar-refractivity contribution >= 4 is 56.3 Å². The Labute approximate surface area is 291 Å². The Kier molecular flexibility index (Phi) is 7.63. The lowest BCUT2D eigenvalue weighted by atomic mass is 9.97. The van der Waals surface area contributed by atoms with E-state index in [0.29, 0.717) is 22.4 Å². The van der Waals surface area contributed by atoms with E-state index in [2.05, 4.69) is 113 Å². The molecule has 0 atom stereocenters. The van der Waals surface area contributed by atoms with Crippen LogP contribution in [0.5, 0.6) is 0 Å². The third-order valence-electron chi connectivity index (χ3n) is 9.61. The molecule has 0 unspecified atom stereocenters. The van der Waals surface area contributed by atoms with Crippen LogP contribution < -0.4 is 20.7 Å². The van der Waals surface area contributed by atoms with Gasteiger partial charge in [0.1, 0.15) is 0 Å². The molecule has 0 spiro atoms.